The van der Waals surface area contributed by atoms with E-state index in [1.54, 1.807) is 11.8 Å². The lowest BCUT2D eigenvalue weighted by molar-refractivity contribution is 0.129. The second kappa shape index (κ2) is 8.78. The maximum Gasteiger partial charge on any atom is 0.196 e. The summed E-state index contributed by atoms with van der Waals surface area (Å²) in [4.78, 5) is 0. The average Bonchev–Trinajstić information content (AvgIpc) is 3.36. The maximum absolute atomic E-state index is 6.19. The molecule has 1 aromatic heterocycles. The van der Waals surface area contributed by atoms with E-state index >= 15 is 0 Å². The van der Waals surface area contributed by atoms with E-state index in [0.29, 0.717) is 16.9 Å². The summed E-state index contributed by atoms with van der Waals surface area (Å²) in [7, 11) is 0. The topological polar surface area (TPSA) is 49.2 Å². The lowest BCUT2D eigenvalue weighted by atomic mass is 10.3. The van der Waals surface area contributed by atoms with Gasteiger partial charge in [-0.25, -0.2) is 0 Å². The van der Waals surface area contributed by atoms with Crippen LogP contribution in [0.1, 0.15) is 18.7 Å². The van der Waals surface area contributed by atoms with Crippen molar-refractivity contribution in [1.82, 2.24) is 14.8 Å². The zero-order valence-electron chi connectivity index (χ0n) is 14.8. The van der Waals surface area contributed by atoms with Gasteiger partial charge in [-0.15, -0.1) is 10.2 Å². The molecule has 1 aliphatic heterocycles. The Bertz CT molecular complexity index is 882. The summed E-state index contributed by atoms with van der Waals surface area (Å²) in [6.45, 7) is 1.14. The molecule has 2 aromatic carbocycles. The SMILES string of the molecule is Clc1ccccc1OCc1nnc(SCC2CCCO2)n1-c1ccccc1. The molecular formula is C20H20ClN3O2S. The van der Waals surface area contributed by atoms with Crippen LogP contribution in [0.15, 0.2) is 59.8 Å². The number of halogens is 1. The van der Waals surface area contributed by atoms with E-state index in [9.17, 15) is 0 Å². The molecule has 1 saturated heterocycles. The first-order chi connectivity index (χ1) is 13.3. The first-order valence-corrected chi connectivity index (χ1v) is 10.3. The fourth-order valence-electron chi connectivity index (χ4n) is 2.97. The molecule has 0 saturated carbocycles. The van der Waals surface area contributed by atoms with Crippen molar-refractivity contribution in [2.75, 3.05) is 12.4 Å². The van der Waals surface area contributed by atoms with Gasteiger partial charge in [0.05, 0.1) is 11.1 Å². The van der Waals surface area contributed by atoms with Crippen molar-refractivity contribution in [2.45, 2.75) is 30.7 Å². The molecule has 1 fully saturated rings. The summed E-state index contributed by atoms with van der Waals surface area (Å²) in [6, 6.07) is 17.5. The van der Waals surface area contributed by atoms with Crippen LogP contribution in [0, 0.1) is 0 Å². The van der Waals surface area contributed by atoms with Gasteiger partial charge in [0.25, 0.3) is 0 Å². The predicted octanol–water partition coefficient (Wildman–Crippen LogP) is 4.77. The Morgan fingerprint density at radius 1 is 1.11 bits per heavy atom. The van der Waals surface area contributed by atoms with E-state index in [4.69, 9.17) is 21.1 Å². The lowest BCUT2D eigenvalue weighted by Gasteiger charge is -2.13. The third kappa shape index (κ3) is 4.46. The highest BCUT2D eigenvalue weighted by Gasteiger charge is 2.20. The molecule has 5 nitrogen and oxygen atoms in total. The van der Waals surface area contributed by atoms with E-state index in [-0.39, 0.29) is 6.61 Å². The van der Waals surface area contributed by atoms with Gasteiger partial charge in [-0.1, -0.05) is 53.7 Å². The molecule has 0 spiro atoms. The predicted molar refractivity (Wildman–Crippen MR) is 107 cm³/mol. The number of benzene rings is 2. The van der Waals surface area contributed by atoms with Crippen LogP contribution in [0.3, 0.4) is 0 Å². The monoisotopic (exact) mass is 401 g/mol. The van der Waals surface area contributed by atoms with Gasteiger partial charge in [0.1, 0.15) is 12.4 Å². The second-order valence-electron chi connectivity index (χ2n) is 6.23. The standard InChI is InChI=1S/C20H20ClN3O2S/c21-17-10-4-5-11-18(17)26-13-19-22-23-20(27-14-16-9-6-12-25-16)24(19)15-7-2-1-3-8-15/h1-5,7-8,10-11,16H,6,9,12-14H2. The van der Waals surface area contributed by atoms with Crippen LogP contribution in [-0.2, 0) is 11.3 Å². The summed E-state index contributed by atoms with van der Waals surface area (Å²) < 4.78 is 13.7. The normalized spacial score (nSPS) is 16.6. The minimum atomic E-state index is 0.284. The smallest absolute Gasteiger partial charge is 0.196 e. The van der Waals surface area contributed by atoms with Crippen LogP contribution in [0.25, 0.3) is 5.69 Å². The summed E-state index contributed by atoms with van der Waals surface area (Å²) in [5.74, 6) is 2.24. The quantitative estimate of drug-likeness (QED) is 0.533. The van der Waals surface area contributed by atoms with Crippen LogP contribution >= 0.6 is 23.4 Å². The van der Waals surface area contributed by atoms with Crippen molar-refractivity contribution in [1.29, 1.82) is 0 Å². The summed E-state index contributed by atoms with van der Waals surface area (Å²) in [5.41, 5.74) is 1.01. The molecule has 1 aliphatic rings. The summed E-state index contributed by atoms with van der Waals surface area (Å²) in [5, 5.41) is 10.2. The highest BCUT2D eigenvalue weighted by Crippen LogP contribution is 2.28. The van der Waals surface area contributed by atoms with Crippen molar-refractivity contribution < 1.29 is 9.47 Å². The Balaban J connectivity index is 1.56. The fraction of sp³-hybridized carbons (Fsp3) is 0.300. The molecular weight excluding hydrogens is 382 g/mol. The summed E-state index contributed by atoms with van der Waals surface area (Å²) in [6.07, 6.45) is 2.53. The van der Waals surface area contributed by atoms with Crippen LogP contribution in [0.5, 0.6) is 5.75 Å². The van der Waals surface area contributed by atoms with E-state index in [1.807, 2.05) is 59.2 Å². The maximum atomic E-state index is 6.19. The van der Waals surface area contributed by atoms with Crippen molar-refractivity contribution in [2.24, 2.45) is 0 Å². The third-order valence-corrected chi connectivity index (χ3v) is 5.70. The molecule has 140 valence electrons. The Labute approximate surface area is 167 Å². The third-order valence-electron chi connectivity index (χ3n) is 4.33. The minimum absolute atomic E-state index is 0.284. The van der Waals surface area contributed by atoms with E-state index in [2.05, 4.69) is 10.2 Å². The number of hydrogen-bond donors (Lipinski definition) is 0. The molecule has 0 radical (unpaired) electrons. The van der Waals surface area contributed by atoms with Gasteiger partial charge in [0.2, 0.25) is 0 Å². The van der Waals surface area contributed by atoms with E-state index < -0.39 is 0 Å². The number of ether oxygens (including phenoxy) is 2. The summed E-state index contributed by atoms with van der Waals surface area (Å²) >= 11 is 7.86. The number of hydrogen-bond acceptors (Lipinski definition) is 5. The molecule has 0 amide bonds. The molecule has 4 rings (SSSR count). The largest absolute Gasteiger partial charge is 0.484 e. The van der Waals surface area contributed by atoms with Crippen LogP contribution in [0.4, 0.5) is 0 Å². The van der Waals surface area contributed by atoms with Crippen LogP contribution in [-0.4, -0.2) is 33.2 Å². The van der Waals surface area contributed by atoms with E-state index in [1.165, 1.54) is 0 Å². The van der Waals surface area contributed by atoms with Gasteiger partial charge in [-0.3, -0.25) is 4.57 Å². The molecule has 1 unspecified atom stereocenters. The molecule has 0 aliphatic carbocycles. The minimum Gasteiger partial charge on any atom is -0.484 e. The van der Waals surface area contributed by atoms with Crippen molar-refractivity contribution in [3.05, 3.63) is 65.4 Å². The lowest BCUT2D eigenvalue weighted by Crippen LogP contribution is -2.10. The Hall–Kier alpha value is -2.02. The number of aromatic nitrogens is 3. The fourth-order valence-corrected chi connectivity index (χ4v) is 4.20. The van der Waals surface area contributed by atoms with Gasteiger partial charge in [-0.2, -0.15) is 0 Å². The zero-order chi connectivity index (χ0) is 18.5. The number of thioether (sulfide) groups is 1. The number of rotatable bonds is 7. The molecule has 2 heterocycles. The highest BCUT2D eigenvalue weighted by molar-refractivity contribution is 7.99. The number of para-hydroxylation sites is 2. The van der Waals surface area contributed by atoms with Gasteiger partial charge in [0, 0.05) is 18.0 Å². The Kier molecular flexibility index (Phi) is 5.97. The van der Waals surface area contributed by atoms with Crippen molar-refractivity contribution >= 4 is 23.4 Å². The second-order valence-corrected chi connectivity index (χ2v) is 7.63. The first-order valence-electron chi connectivity index (χ1n) is 8.93. The van der Waals surface area contributed by atoms with Crippen LogP contribution in [0.2, 0.25) is 5.02 Å². The molecule has 27 heavy (non-hydrogen) atoms. The van der Waals surface area contributed by atoms with Crippen molar-refractivity contribution in [3.63, 3.8) is 0 Å². The first kappa shape index (κ1) is 18.3. The van der Waals surface area contributed by atoms with Gasteiger partial charge >= 0.3 is 0 Å². The Morgan fingerprint density at radius 3 is 2.70 bits per heavy atom. The van der Waals surface area contributed by atoms with Gasteiger partial charge < -0.3 is 9.47 Å². The molecule has 0 bridgehead atoms. The molecule has 3 aromatic rings. The molecule has 1 atom stereocenters. The number of nitrogens with zero attached hydrogens (tertiary/aromatic N) is 3. The van der Waals surface area contributed by atoms with E-state index in [0.717, 1.165) is 41.9 Å². The Morgan fingerprint density at radius 2 is 1.93 bits per heavy atom. The highest BCUT2D eigenvalue weighted by atomic mass is 35.5. The van der Waals surface area contributed by atoms with Crippen molar-refractivity contribution in [3.8, 4) is 11.4 Å². The van der Waals surface area contributed by atoms with Gasteiger partial charge in [0.15, 0.2) is 11.0 Å². The average molecular weight is 402 g/mol. The molecule has 7 heteroatoms. The zero-order valence-corrected chi connectivity index (χ0v) is 16.3. The van der Waals surface area contributed by atoms with Gasteiger partial charge in [-0.05, 0) is 37.1 Å². The molecule has 0 N–H and O–H groups in total. The van der Waals surface area contributed by atoms with Crippen LogP contribution < -0.4 is 4.74 Å².